The van der Waals surface area contributed by atoms with Gasteiger partial charge in [-0.25, -0.2) is 4.79 Å². The van der Waals surface area contributed by atoms with Crippen molar-refractivity contribution in [2.75, 3.05) is 6.54 Å². The standard InChI is InChI=1S/C16H15NO2.2C2H6/c1-11-5-4-6-12(9-11)13-7-2-3-8-14(13)15-10-17-16(18)19-15;2*1-2/h2-9,15H,10H2,1H3,(H,17,18);2*1-2H3. The first-order valence-electron chi connectivity index (χ1n) is 8.34. The van der Waals surface area contributed by atoms with Crippen molar-refractivity contribution < 1.29 is 9.53 Å². The molecule has 3 nitrogen and oxygen atoms in total. The van der Waals surface area contributed by atoms with Gasteiger partial charge in [0.25, 0.3) is 0 Å². The first-order valence-corrected chi connectivity index (χ1v) is 8.34. The molecule has 23 heavy (non-hydrogen) atoms. The van der Waals surface area contributed by atoms with Crippen LogP contribution in [0, 0.1) is 6.92 Å². The largest absolute Gasteiger partial charge is 0.439 e. The van der Waals surface area contributed by atoms with Crippen molar-refractivity contribution in [1.29, 1.82) is 0 Å². The fourth-order valence-electron chi connectivity index (χ4n) is 2.42. The lowest BCUT2D eigenvalue weighted by Gasteiger charge is -2.14. The molecule has 0 saturated carbocycles. The summed E-state index contributed by atoms with van der Waals surface area (Å²) in [5.74, 6) is 0. The third kappa shape index (κ3) is 4.85. The minimum absolute atomic E-state index is 0.204. The van der Waals surface area contributed by atoms with Gasteiger partial charge in [-0.3, -0.25) is 0 Å². The third-order valence-corrected chi connectivity index (χ3v) is 3.32. The van der Waals surface area contributed by atoms with E-state index in [9.17, 15) is 4.79 Å². The summed E-state index contributed by atoms with van der Waals surface area (Å²) in [7, 11) is 0. The molecule has 3 rings (SSSR count). The topological polar surface area (TPSA) is 38.3 Å². The van der Waals surface area contributed by atoms with Crippen LogP contribution in [0.25, 0.3) is 11.1 Å². The fourth-order valence-corrected chi connectivity index (χ4v) is 2.42. The van der Waals surface area contributed by atoms with Crippen LogP contribution in [0.1, 0.15) is 44.9 Å². The van der Waals surface area contributed by atoms with Crippen LogP contribution in [-0.2, 0) is 4.74 Å². The van der Waals surface area contributed by atoms with E-state index in [1.165, 1.54) is 5.56 Å². The number of carbonyl (C=O) groups is 1. The van der Waals surface area contributed by atoms with Crippen molar-refractivity contribution in [1.82, 2.24) is 5.32 Å². The average molecular weight is 313 g/mol. The van der Waals surface area contributed by atoms with E-state index in [2.05, 4.69) is 36.5 Å². The number of cyclic esters (lactones) is 1. The van der Waals surface area contributed by atoms with Gasteiger partial charge in [0.1, 0.15) is 6.10 Å². The Morgan fingerprint density at radius 2 is 1.70 bits per heavy atom. The van der Waals surface area contributed by atoms with Crippen LogP contribution in [-0.4, -0.2) is 12.6 Å². The number of rotatable bonds is 2. The van der Waals surface area contributed by atoms with Gasteiger partial charge in [0.05, 0.1) is 6.54 Å². The smallest absolute Gasteiger partial charge is 0.407 e. The van der Waals surface area contributed by atoms with Gasteiger partial charge in [-0.15, -0.1) is 0 Å². The van der Waals surface area contributed by atoms with E-state index in [0.717, 1.165) is 16.7 Å². The summed E-state index contributed by atoms with van der Waals surface area (Å²) in [5.41, 5.74) is 4.53. The Morgan fingerprint density at radius 3 is 2.30 bits per heavy atom. The molecule has 3 heteroatoms. The molecule has 124 valence electrons. The highest BCUT2D eigenvalue weighted by Gasteiger charge is 2.26. The predicted octanol–water partition coefficient (Wildman–Crippen LogP) is 5.50. The lowest BCUT2D eigenvalue weighted by atomic mass is 9.95. The number of amides is 1. The molecular weight excluding hydrogens is 286 g/mol. The molecule has 0 aliphatic carbocycles. The molecule has 1 fully saturated rings. The Labute approximate surface area is 139 Å². The summed E-state index contributed by atoms with van der Waals surface area (Å²) in [6.07, 6.45) is -0.548. The number of ether oxygens (including phenoxy) is 1. The SMILES string of the molecule is CC.CC.Cc1cccc(-c2ccccc2C2CNC(=O)O2)c1. The molecule has 1 unspecified atom stereocenters. The average Bonchev–Trinajstić information content (AvgIpc) is 3.05. The van der Waals surface area contributed by atoms with Crippen molar-refractivity contribution in [3.8, 4) is 11.1 Å². The van der Waals surface area contributed by atoms with Crippen LogP contribution in [0.4, 0.5) is 4.79 Å². The lowest BCUT2D eigenvalue weighted by Crippen LogP contribution is -2.12. The summed E-state index contributed by atoms with van der Waals surface area (Å²) < 4.78 is 5.29. The second-order valence-corrected chi connectivity index (χ2v) is 4.73. The molecule has 1 N–H and O–H groups in total. The lowest BCUT2D eigenvalue weighted by molar-refractivity contribution is 0.141. The van der Waals surface area contributed by atoms with Crippen molar-refractivity contribution in [2.24, 2.45) is 0 Å². The Balaban J connectivity index is 0.000000615. The molecule has 1 atom stereocenters. The third-order valence-electron chi connectivity index (χ3n) is 3.32. The minimum Gasteiger partial charge on any atom is -0.439 e. The molecule has 0 radical (unpaired) electrons. The van der Waals surface area contributed by atoms with Crippen molar-refractivity contribution in [3.63, 3.8) is 0 Å². The number of aryl methyl sites for hydroxylation is 1. The van der Waals surface area contributed by atoms with Gasteiger partial charge in [-0.1, -0.05) is 81.8 Å². The van der Waals surface area contributed by atoms with Crippen LogP contribution in [0.5, 0.6) is 0 Å². The van der Waals surface area contributed by atoms with Crippen LogP contribution in [0.2, 0.25) is 0 Å². The first kappa shape index (κ1) is 18.8. The highest BCUT2D eigenvalue weighted by Crippen LogP contribution is 2.31. The Hall–Kier alpha value is -2.29. The van der Waals surface area contributed by atoms with Gasteiger partial charge in [0.15, 0.2) is 0 Å². The highest BCUT2D eigenvalue weighted by molar-refractivity contribution is 5.73. The molecule has 0 spiro atoms. The molecule has 0 aromatic heterocycles. The number of nitrogens with one attached hydrogen (secondary N) is 1. The van der Waals surface area contributed by atoms with Gasteiger partial charge in [0.2, 0.25) is 0 Å². The van der Waals surface area contributed by atoms with Gasteiger partial charge in [0, 0.05) is 5.56 Å². The van der Waals surface area contributed by atoms with Crippen LogP contribution < -0.4 is 5.32 Å². The number of carbonyl (C=O) groups excluding carboxylic acids is 1. The van der Waals surface area contributed by atoms with E-state index in [1.54, 1.807) is 0 Å². The Bertz CT molecular complexity index is 623. The molecule has 2 aromatic rings. The summed E-state index contributed by atoms with van der Waals surface area (Å²) in [6, 6.07) is 16.4. The van der Waals surface area contributed by atoms with Gasteiger partial charge in [-0.05, 0) is 18.1 Å². The Kier molecular flexibility index (Phi) is 7.89. The van der Waals surface area contributed by atoms with E-state index in [4.69, 9.17) is 4.74 Å². The predicted molar refractivity (Wildman–Crippen MR) is 96.5 cm³/mol. The molecule has 1 amide bonds. The van der Waals surface area contributed by atoms with Crippen molar-refractivity contribution in [3.05, 3.63) is 59.7 Å². The Morgan fingerprint density at radius 1 is 1.00 bits per heavy atom. The summed E-state index contributed by atoms with van der Waals surface area (Å²) in [4.78, 5) is 11.2. The molecule has 1 saturated heterocycles. The fraction of sp³-hybridized carbons (Fsp3) is 0.350. The second kappa shape index (κ2) is 9.67. The van der Waals surface area contributed by atoms with E-state index in [-0.39, 0.29) is 12.2 Å². The molecule has 1 heterocycles. The first-order chi connectivity index (χ1) is 11.2. The summed E-state index contributed by atoms with van der Waals surface area (Å²) >= 11 is 0. The number of hydrogen-bond acceptors (Lipinski definition) is 2. The monoisotopic (exact) mass is 313 g/mol. The van der Waals surface area contributed by atoms with Crippen LogP contribution >= 0.6 is 0 Å². The molecule has 0 bridgehead atoms. The molecule has 2 aromatic carbocycles. The summed E-state index contributed by atoms with van der Waals surface area (Å²) in [5, 5.41) is 2.70. The van der Waals surface area contributed by atoms with Crippen molar-refractivity contribution >= 4 is 6.09 Å². The quantitative estimate of drug-likeness (QED) is 0.795. The van der Waals surface area contributed by atoms with E-state index in [1.807, 2.05) is 52.0 Å². The zero-order chi connectivity index (χ0) is 17.2. The maximum atomic E-state index is 11.2. The number of hydrogen-bond donors (Lipinski definition) is 1. The maximum absolute atomic E-state index is 11.2. The minimum atomic E-state index is -0.343. The molecular formula is C20H27NO2. The van der Waals surface area contributed by atoms with E-state index in [0.29, 0.717) is 6.54 Å². The van der Waals surface area contributed by atoms with Gasteiger partial charge >= 0.3 is 6.09 Å². The van der Waals surface area contributed by atoms with Gasteiger partial charge < -0.3 is 10.1 Å². The molecule has 1 aliphatic rings. The van der Waals surface area contributed by atoms with E-state index < -0.39 is 0 Å². The van der Waals surface area contributed by atoms with Crippen LogP contribution in [0.15, 0.2) is 48.5 Å². The zero-order valence-corrected chi connectivity index (χ0v) is 14.7. The summed E-state index contributed by atoms with van der Waals surface area (Å²) in [6.45, 7) is 10.6. The normalized spacial score (nSPS) is 15.3. The molecule has 1 aliphatic heterocycles. The maximum Gasteiger partial charge on any atom is 0.407 e. The zero-order valence-electron chi connectivity index (χ0n) is 14.7. The second-order valence-electron chi connectivity index (χ2n) is 4.73. The van der Waals surface area contributed by atoms with Crippen molar-refractivity contribution in [2.45, 2.75) is 40.7 Å². The number of alkyl carbamates (subject to hydrolysis) is 1. The van der Waals surface area contributed by atoms with Gasteiger partial charge in [-0.2, -0.15) is 0 Å². The van der Waals surface area contributed by atoms with Crippen LogP contribution in [0.3, 0.4) is 0 Å². The van der Waals surface area contributed by atoms with E-state index >= 15 is 0 Å². The number of benzene rings is 2. The highest BCUT2D eigenvalue weighted by atomic mass is 16.6.